The Labute approximate surface area is 178 Å². The summed E-state index contributed by atoms with van der Waals surface area (Å²) in [5, 5.41) is 23.0. The van der Waals surface area contributed by atoms with Crippen molar-refractivity contribution >= 4 is 28.8 Å². The molecule has 1 aliphatic heterocycles. The number of hydrogen-bond donors (Lipinski definition) is 3. The molecule has 30 heavy (non-hydrogen) atoms. The van der Waals surface area contributed by atoms with Gasteiger partial charge >= 0.3 is 0 Å². The molecule has 0 saturated carbocycles. The van der Waals surface area contributed by atoms with Gasteiger partial charge in [-0.2, -0.15) is 0 Å². The fraction of sp³-hybridized carbons (Fsp3) is 0.182. The van der Waals surface area contributed by atoms with E-state index in [-0.39, 0.29) is 23.3 Å². The lowest BCUT2D eigenvalue weighted by Gasteiger charge is -2.39. The highest BCUT2D eigenvalue weighted by atomic mass is 32.1. The largest absolute Gasteiger partial charge is 0.507 e. The predicted molar refractivity (Wildman–Crippen MR) is 116 cm³/mol. The molecule has 0 aliphatic carbocycles. The number of rotatable bonds is 6. The number of nitrogens with zero attached hydrogens (tertiary/aromatic N) is 1. The van der Waals surface area contributed by atoms with Crippen molar-refractivity contribution < 1.29 is 19.4 Å². The van der Waals surface area contributed by atoms with E-state index in [1.807, 2.05) is 41.8 Å². The number of carbonyl (C=O) groups excluding carboxylic acids is 1. The van der Waals surface area contributed by atoms with Gasteiger partial charge in [-0.05, 0) is 53.9 Å². The van der Waals surface area contributed by atoms with Gasteiger partial charge in [-0.3, -0.25) is 10.2 Å². The molecule has 1 amide bonds. The van der Waals surface area contributed by atoms with E-state index in [4.69, 9.17) is 14.9 Å². The fourth-order valence-electron chi connectivity index (χ4n) is 3.10. The zero-order valence-electron chi connectivity index (χ0n) is 16.3. The summed E-state index contributed by atoms with van der Waals surface area (Å²) >= 11 is 1.51. The van der Waals surface area contributed by atoms with Gasteiger partial charge in [0.1, 0.15) is 29.2 Å². The number of nitrogens with one attached hydrogen (secondary N) is 2. The summed E-state index contributed by atoms with van der Waals surface area (Å²) in [6, 6.07) is 15.8. The molecule has 3 N–H and O–H groups in total. The van der Waals surface area contributed by atoms with E-state index in [1.54, 1.807) is 11.0 Å². The summed E-state index contributed by atoms with van der Waals surface area (Å²) in [5.74, 6) is 1.25. The molecular weight excluding hydrogens is 402 g/mol. The topological polar surface area (TPSA) is 94.9 Å². The first-order valence-corrected chi connectivity index (χ1v) is 10.2. The quantitative estimate of drug-likeness (QED) is 0.414. The monoisotopic (exact) mass is 423 g/mol. The van der Waals surface area contributed by atoms with Gasteiger partial charge < -0.3 is 24.8 Å². The number of methoxy groups -OCH3 is 1. The van der Waals surface area contributed by atoms with Crippen molar-refractivity contribution in [3.63, 3.8) is 0 Å². The Kier molecular flexibility index (Phi) is 5.58. The number of phenolic OH excluding ortho intramolecular Hbond substituents is 1. The molecule has 1 aromatic heterocycles. The van der Waals surface area contributed by atoms with Crippen LogP contribution in [0.2, 0.25) is 0 Å². The van der Waals surface area contributed by atoms with Crippen molar-refractivity contribution in [2.24, 2.45) is 0 Å². The van der Waals surface area contributed by atoms with Crippen molar-refractivity contribution in [3.8, 4) is 17.2 Å². The van der Waals surface area contributed by atoms with Crippen LogP contribution >= 0.6 is 11.3 Å². The normalized spacial score (nSPS) is 13.4. The molecule has 1 fully saturated rings. The Morgan fingerprint density at radius 1 is 1.17 bits per heavy atom. The number of ether oxygens (including phenoxy) is 2. The molecule has 0 unspecified atom stereocenters. The number of benzene rings is 2. The average Bonchev–Trinajstić information content (AvgIpc) is 3.26. The Bertz CT molecular complexity index is 1040. The summed E-state index contributed by atoms with van der Waals surface area (Å²) < 4.78 is 11.0. The molecular formula is C22H21N3O4S. The summed E-state index contributed by atoms with van der Waals surface area (Å²) in [6.07, 6.45) is -0.107. The minimum Gasteiger partial charge on any atom is -0.507 e. The number of carbonyl (C=O) groups is 1. The smallest absolute Gasteiger partial charge is 0.258 e. The Balaban J connectivity index is 1.30. The lowest BCUT2D eigenvalue weighted by molar-refractivity contribution is 0.0175. The third-order valence-electron chi connectivity index (χ3n) is 4.76. The van der Waals surface area contributed by atoms with Gasteiger partial charge in [-0.1, -0.05) is 6.07 Å². The zero-order valence-corrected chi connectivity index (χ0v) is 17.1. The molecule has 154 valence electrons. The Hall–Kier alpha value is -3.52. The highest BCUT2D eigenvalue weighted by Crippen LogP contribution is 2.27. The van der Waals surface area contributed by atoms with Crippen LogP contribution in [0.15, 0.2) is 60.0 Å². The fourth-order valence-corrected chi connectivity index (χ4v) is 3.73. The number of hydrogen-bond acceptors (Lipinski definition) is 6. The first kappa shape index (κ1) is 19.8. The summed E-state index contributed by atoms with van der Waals surface area (Å²) in [5.41, 5.74) is 1.02. The second-order valence-electron chi connectivity index (χ2n) is 6.83. The van der Waals surface area contributed by atoms with E-state index in [2.05, 4.69) is 5.32 Å². The van der Waals surface area contributed by atoms with E-state index in [9.17, 15) is 9.90 Å². The van der Waals surface area contributed by atoms with Gasteiger partial charge in [0.2, 0.25) is 0 Å². The van der Waals surface area contributed by atoms with Gasteiger partial charge in [0.15, 0.2) is 0 Å². The zero-order chi connectivity index (χ0) is 21.1. The van der Waals surface area contributed by atoms with Gasteiger partial charge in [0, 0.05) is 5.69 Å². The van der Waals surface area contributed by atoms with E-state index >= 15 is 0 Å². The molecule has 0 spiro atoms. The summed E-state index contributed by atoms with van der Waals surface area (Å²) in [7, 11) is 1.51. The minimum absolute atomic E-state index is 0.0682. The van der Waals surface area contributed by atoms with Gasteiger partial charge in [0.25, 0.3) is 5.91 Å². The molecule has 2 aromatic carbocycles. The molecule has 4 rings (SSSR count). The number of amidine groups is 1. The van der Waals surface area contributed by atoms with Crippen LogP contribution in [-0.4, -0.2) is 48.1 Å². The van der Waals surface area contributed by atoms with Crippen LogP contribution in [0.4, 0.5) is 5.69 Å². The molecule has 1 aliphatic rings. The lowest BCUT2D eigenvalue weighted by Crippen LogP contribution is -2.56. The maximum absolute atomic E-state index is 12.6. The van der Waals surface area contributed by atoms with Crippen molar-refractivity contribution in [1.29, 1.82) is 5.41 Å². The minimum atomic E-state index is -0.252. The molecule has 8 heteroatoms. The number of thiophene rings is 1. The predicted octanol–water partition coefficient (Wildman–Crippen LogP) is 3.80. The van der Waals surface area contributed by atoms with E-state index in [0.717, 1.165) is 10.6 Å². The molecule has 0 atom stereocenters. The molecule has 2 heterocycles. The molecule has 1 saturated heterocycles. The van der Waals surface area contributed by atoms with Crippen molar-refractivity contribution in [2.75, 3.05) is 25.5 Å². The molecule has 0 radical (unpaired) electrons. The van der Waals surface area contributed by atoms with Crippen molar-refractivity contribution in [3.05, 3.63) is 70.4 Å². The van der Waals surface area contributed by atoms with Gasteiger partial charge in [-0.15, -0.1) is 11.3 Å². The van der Waals surface area contributed by atoms with Crippen LogP contribution in [0.3, 0.4) is 0 Å². The lowest BCUT2D eigenvalue weighted by atomic mass is 10.1. The number of aromatic hydroxyl groups is 1. The first-order valence-electron chi connectivity index (χ1n) is 9.36. The van der Waals surface area contributed by atoms with Crippen LogP contribution in [0.1, 0.15) is 15.2 Å². The maximum Gasteiger partial charge on any atom is 0.258 e. The molecule has 3 aromatic rings. The SMILES string of the molecule is COc1ccc(O)c(C(=O)N2CC(Oc3ccc(NC(=N)c4cccs4)cc3)C2)c1. The van der Waals surface area contributed by atoms with E-state index in [0.29, 0.717) is 30.4 Å². The van der Waals surface area contributed by atoms with E-state index in [1.165, 1.54) is 30.6 Å². The maximum atomic E-state index is 12.6. The number of amides is 1. The highest BCUT2D eigenvalue weighted by Gasteiger charge is 2.34. The summed E-state index contributed by atoms with van der Waals surface area (Å²) in [6.45, 7) is 0.886. The van der Waals surface area contributed by atoms with Crippen LogP contribution in [0.25, 0.3) is 0 Å². The second kappa shape index (κ2) is 8.46. The third kappa shape index (κ3) is 4.23. The number of anilines is 1. The average molecular weight is 423 g/mol. The van der Waals surface area contributed by atoms with Crippen molar-refractivity contribution in [2.45, 2.75) is 6.10 Å². The Morgan fingerprint density at radius 3 is 2.57 bits per heavy atom. The first-order chi connectivity index (χ1) is 14.5. The number of phenols is 1. The van der Waals surface area contributed by atoms with Gasteiger partial charge in [-0.25, -0.2) is 0 Å². The second-order valence-corrected chi connectivity index (χ2v) is 7.78. The van der Waals surface area contributed by atoms with E-state index < -0.39 is 0 Å². The van der Waals surface area contributed by atoms with Gasteiger partial charge in [0.05, 0.1) is 30.6 Å². The molecule has 7 nitrogen and oxygen atoms in total. The standard InChI is InChI=1S/C22H21N3O4S/c1-28-16-8-9-19(26)18(11-16)22(27)25-12-17(13-25)29-15-6-4-14(5-7-15)24-21(23)20-3-2-10-30-20/h2-11,17,26H,12-13H2,1H3,(H2,23,24). The highest BCUT2D eigenvalue weighted by molar-refractivity contribution is 7.12. The third-order valence-corrected chi connectivity index (χ3v) is 5.65. The van der Waals surface area contributed by atoms with Crippen molar-refractivity contribution in [1.82, 2.24) is 4.90 Å². The summed E-state index contributed by atoms with van der Waals surface area (Å²) in [4.78, 5) is 15.1. The van der Waals surface area contributed by atoms with Crippen LogP contribution in [-0.2, 0) is 0 Å². The Morgan fingerprint density at radius 2 is 1.90 bits per heavy atom. The van der Waals surface area contributed by atoms with Crippen LogP contribution in [0.5, 0.6) is 17.2 Å². The van der Waals surface area contributed by atoms with Crippen LogP contribution < -0.4 is 14.8 Å². The van der Waals surface area contributed by atoms with Crippen LogP contribution in [0, 0.1) is 5.41 Å². The number of likely N-dealkylation sites (tertiary alicyclic amines) is 1. The molecule has 0 bridgehead atoms.